The van der Waals surface area contributed by atoms with Gasteiger partial charge in [-0.15, -0.1) is 0 Å². The quantitative estimate of drug-likeness (QED) is 0.649. The van der Waals surface area contributed by atoms with Gasteiger partial charge in [-0.25, -0.2) is 0 Å². The van der Waals surface area contributed by atoms with E-state index in [1.165, 1.54) is 0 Å². The van der Waals surface area contributed by atoms with Gasteiger partial charge in [0.15, 0.2) is 0 Å². The third kappa shape index (κ3) is 1.88. The summed E-state index contributed by atoms with van der Waals surface area (Å²) in [7, 11) is 0. The monoisotopic (exact) mass is 320 g/mol. The highest BCUT2D eigenvalue weighted by Crippen LogP contribution is 2.70. The smallest absolute Gasteiger partial charge is 0.306 e. The van der Waals surface area contributed by atoms with E-state index in [4.69, 9.17) is 0 Å². The third-order valence-electron chi connectivity index (χ3n) is 8.11. The van der Waals surface area contributed by atoms with Crippen LogP contribution in [0.5, 0.6) is 0 Å². The van der Waals surface area contributed by atoms with Gasteiger partial charge in [-0.05, 0) is 73.7 Å². The Morgan fingerprint density at radius 1 is 1.22 bits per heavy atom. The molecule has 4 heteroatoms. The highest BCUT2D eigenvalue weighted by atomic mass is 16.4. The Morgan fingerprint density at radius 2 is 1.96 bits per heavy atom. The van der Waals surface area contributed by atoms with Crippen LogP contribution in [-0.4, -0.2) is 33.5 Å². The van der Waals surface area contributed by atoms with Crippen LogP contribution in [0.3, 0.4) is 0 Å². The predicted octanol–water partition coefficient (Wildman–Crippen LogP) is 2.59. The van der Waals surface area contributed by atoms with Crippen LogP contribution >= 0.6 is 0 Å². The average molecular weight is 320 g/mol. The van der Waals surface area contributed by atoms with E-state index < -0.39 is 24.1 Å². The van der Waals surface area contributed by atoms with Gasteiger partial charge in [-0.3, -0.25) is 4.79 Å². The first-order chi connectivity index (χ1) is 10.8. The summed E-state index contributed by atoms with van der Waals surface area (Å²) in [4.78, 5) is 11.8. The van der Waals surface area contributed by atoms with E-state index in [9.17, 15) is 20.1 Å². The second-order valence-corrected chi connectivity index (χ2v) is 8.93. The van der Waals surface area contributed by atoms with Crippen LogP contribution in [0.15, 0.2) is 12.2 Å². The highest BCUT2D eigenvalue weighted by molar-refractivity contribution is 5.71. The molecular weight excluding hydrogens is 292 g/mol. The van der Waals surface area contributed by atoms with E-state index in [2.05, 4.69) is 13.5 Å². The van der Waals surface area contributed by atoms with E-state index in [0.29, 0.717) is 24.7 Å². The Labute approximate surface area is 137 Å². The molecule has 0 aliphatic heterocycles. The number of carboxylic acids is 1. The lowest BCUT2D eigenvalue weighted by atomic mass is 9.43. The van der Waals surface area contributed by atoms with Crippen molar-refractivity contribution >= 4 is 5.97 Å². The van der Waals surface area contributed by atoms with Crippen LogP contribution in [0.4, 0.5) is 0 Å². The Bertz CT molecular complexity index is 558. The first-order valence-corrected chi connectivity index (χ1v) is 9.07. The summed E-state index contributed by atoms with van der Waals surface area (Å²) in [5.41, 5.74) is 0.696. The van der Waals surface area contributed by atoms with Gasteiger partial charge in [0.05, 0.1) is 18.1 Å². The molecule has 0 saturated heterocycles. The molecule has 4 fully saturated rings. The molecule has 4 saturated carbocycles. The number of aliphatic carboxylic acids is 1. The Hall–Kier alpha value is -0.870. The molecule has 0 amide bonds. The van der Waals surface area contributed by atoms with Crippen molar-refractivity contribution in [1.82, 2.24) is 0 Å². The normalized spacial score (nSPS) is 55.2. The summed E-state index contributed by atoms with van der Waals surface area (Å²) in [6.45, 7) is 6.35. The van der Waals surface area contributed by atoms with Crippen molar-refractivity contribution in [3.8, 4) is 0 Å². The SMILES string of the molecule is C=C1[C@@H]2CC[C@@H]3[C@@](CCC4[C@H](C(=O)O)C[C@@H](O)C[C@]43C)(C2)[C@@H]1O. The van der Waals surface area contributed by atoms with Gasteiger partial charge in [0.1, 0.15) is 0 Å². The van der Waals surface area contributed by atoms with Crippen molar-refractivity contribution in [1.29, 1.82) is 0 Å². The van der Waals surface area contributed by atoms with Gasteiger partial charge < -0.3 is 15.3 Å². The fraction of sp³-hybridized carbons (Fsp3) is 0.842. The molecule has 4 aliphatic carbocycles. The van der Waals surface area contributed by atoms with E-state index in [-0.39, 0.29) is 16.7 Å². The molecule has 0 aromatic heterocycles. The second kappa shape index (κ2) is 4.82. The molecule has 4 aliphatic rings. The first-order valence-electron chi connectivity index (χ1n) is 9.07. The maximum atomic E-state index is 11.8. The van der Waals surface area contributed by atoms with Crippen LogP contribution in [0, 0.1) is 34.5 Å². The highest BCUT2D eigenvalue weighted by Gasteiger charge is 2.66. The average Bonchev–Trinajstić information content (AvgIpc) is 2.66. The van der Waals surface area contributed by atoms with Crippen molar-refractivity contribution in [2.75, 3.05) is 0 Å². The van der Waals surface area contributed by atoms with Crippen LogP contribution in [0.1, 0.15) is 51.9 Å². The Balaban J connectivity index is 1.76. The molecule has 0 aromatic carbocycles. The number of carbonyl (C=O) groups is 1. The van der Waals surface area contributed by atoms with Crippen LogP contribution in [-0.2, 0) is 4.79 Å². The predicted molar refractivity (Wildman–Crippen MR) is 85.6 cm³/mol. The number of hydrogen-bond acceptors (Lipinski definition) is 3. The minimum atomic E-state index is -0.763. The Morgan fingerprint density at radius 3 is 2.65 bits per heavy atom. The number of aliphatic hydroxyl groups is 2. The third-order valence-corrected chi connectivity index (χ3v) is 8.11. The van der Waals surface area contributed by atoms with Gasteiger partial charge in [0.2, 0.25) is 0 Å². The molecule has 128 valence electrons. The summed E-state index contributed by atoms with van der Waals surface area (Å²) in [6.07, 6.45) is 4.94. The lowest BCUT2D eigenvalue weighted by Crippen LogP contribution is -2.59. The number of carboxylic acid groups (broad SMARTS) is 1. The zero-order valence-corrected chi connectivity index (χ0v) is 13.9. The van der Waals surface area contributed by atoms with Gasteiger partial charge in [-0.2, -0.15) is 0 Å². The van der Waals surface area contributed by atoms with Crippen LogP contribution in [0.2, 0.25) is 0 Å². The van der Waals surface area contributed by atoms with Crippen LogP contribution < -0.4 is 0 Å². The summed E-state index contributed by atoms with van der Waals surface area (Å²) in [5, 5.41) is 30.9. The molecular formula is C19H28O4. The van der Waals surface area contributed by atoms with Gasteiger partial charge in [0, 0.05) is 5.41 Å². The van der Waals surface area contributed by atoms with Crippen molar-refractivity contribution in [3.63, 3.8) is 0 Å². The van der Waals surface area contributed by atoms with Gasteiger partial charge in [-0.1, -0.05) is 13.5 Å². The second-order valence-electron chi connectivity index (χ2n) is 8.93. The van der Waals surface area contributed by atoms with E-state index >= 15 is 0 Å². The molecule has 0 aromatic rings. The number of rotatable bonds is 1. The molecule has 1 unspecified atom stereocenters. The van der Waals surface area contributed by atoms with Crippen LogP contribution in [0.25, 0.3) is 0 Å². The summed E-state index contributed by atoms with van der Waals surface area (Å²) >= 11 is 0. The van der Waals surface area contributed by atoms with E-state index in [0.717, 1.165) is 37.7 Å². The first kappa shape index (κ1) is 15.6. The zero-order chi connectivity index (χ0) is 16.6. The molecule has 1 spiro atoms. The molecule has 2 bridgehead atoms. The topological polar surface area (TPSA) is 77.8 Å². The lowest BCUT2D eigenvalue weighted by Gasteiger charge is -2.62. The van der Waals surface area contributed by atoms with Gasteiger partial charge >= 0.3 is 5.97 Å². The molecule has 0 radical (unpaired) electrons. The fourth-order valence-electron chi connectivity index (χ4n) is 7.26. The zero-order valence-electron chi connectivity index (χ0n) is 13.9. The lowest BCUT2D eigenvalue weighted by molar-refractivity contribution is -0.184. The largest absolute Gasteiger partial charge is 0.481 e. The van der Waals surface area contributed by atoms with Crippen molar-refractivity contribution < 1.29 is 20.1 Å². The minimum absolute atomic E-state index is 0.120. The molecule has 4 nitrogen and oxygen atoms in total. The molecule has 0 heterocycles. The number of aliphatic hydroxyl groups excluding tert-OH is 2. The van der Waals surface area contributed by atoms with E-state index in [1.807, 2.05) is 0 Å². The molecule has 23 heavy (non-hydrogen) atoms. The Kier molecular flexibility index (Phi) is 3.28. The summed E-state index contributed by atoms with van der Waals surface area (Å²) in [5.74, 6) is -0.348. The number of fused-ring (bicyclic) bond motifs is 3. The summed E-state index contributed by atoms with van der Waals surface area (Å²) < 4.78 is 0. The molecule has 8 atom stereocenters. The fourth-order valence-corrected chi connectivity index (χ4v) is 7.26. The van der Waals surface area contributed by atoms with Gasteiger partial charge in [0.25, 0.3) is 0 Å². The molecule has 3 N–H and O–H groups in total. The maximum Gasteiger partial charge on any atom is 0.306 e. The van der Waals surface area contributed by atoms with Crippen molar-refractivity contribution in [2.24, 2.45) is 34.5 Å². The minimum Gasteiger partial charge on any atom is -0.481 e. The molecule has 4 rings (SSSR count). The maximum absolute atomic E-state index is 11.8. The van der Waals surface area contributed by atoms with Crippen molar-refractivity contribution in [3.05, 3.63) is 12.2 Å². The van der Waals surface area contributed by atoms with Crippen molar-refractivity contribution in [2.45, 2.75) is 64.1 Å². The summed E-state index contributed by atoms with van der Waals surface area (Å²) in [6, 6.07) is 0. The standard InChI is InChI=1S/C19H28O4/c1-10-11-3-4-15-18(2)9-12(20)7-13(17(22)23)14(18)5-6-19(15,8-11)16(10)21/h11-16,20-21H,1,3-9H2,2H3,(H,22,23)/t11-,12-,13-,14?,15+,16-,18-,19-/m1/s1. The number of hydrogen-bond donors (Lipinski definition) is 3. The van der Waals surface area contributed by atoms with E-state index in [1.54, 1.807) is 0 Å².